The predicted molar refractivity (Wildman–Crippen MR) is 75.8 cm³/mol. The van der Waals surface area contributed by atoms with Gasteiger partial charge < -0.3 is 16.4 Å². The van der Waals surface area contributed by atoms with Crippen molar-refractivity contribution in [1.82, 2.24) is 15.6 Å². The smallest absolute Gasteiger partial charge is 0.253 e. The van der Waals surface area contributed by atoms with Gasteiger partial charge in [0.15, 0.2) is 0 Å². The Balaban J connectivity index is 2.75. The third-order valence-corrected chi connectivity index (χ3v) is 2.43. The topological polar surface area (TPSA) is 97.1 Å². The Kier molecular flexibility index (Phi) is 6.20. The maximum absolute atomic E-state index is 12.0. The summed E-state index contributed by atoms with van der Waals surface area (Å²) in [4.78, 5) is 27.5. The van der Waals surface area contributed by atoms with Crippen LogP contribution in [0.4, 0.5) is 0 Å². The molecule has 6 heteroatoms. The van der Waals surface area contributed by atoms with Crippen molar-refractivity contribution >= 4 is 11.8 Å². The summed E-state index contributed by atoms with van der Waals surface area (Å²) >= 11 is 0. The van der Waals surface area contributed by atoms with Crippen molar-refractivity contribution in [2.45, 2.75) is 19.9 Å². The van der Waals surface area contributed by atoms with Crippen LogP contribution in [0.25, 0.3) is 0 Å². The molecule has 1 rings (SSSR count). The third-order valence-electron chi connectivity index (χ3n) is 2.43. The van der Waals surface area contributed by atoms with Crippen LogP contribution in [0.5, 0.6) is 0 Å². The quantitative estimate of drug-likeness (QED) is 0.654. The highest BCUT2D eigenvalue weighted by Crippen LogP contribution is 2.02. The van der Waals surface area contributed by atoms with Gasteiger partial charge in [-0.2, -0.15) is 0 Å². The summed E-state index contributed by atoms with van der Waals surface area (Å²) in [6, 6.07) is 0.997. The van der Waals surface area contributed by atoms with Crippen LogP contribution in [0, 0.1) is 11.8 Å². The van der Waals surface area contributed by atoms with Crippen molar-refractivity contribution in [3.05, 3.63) is 29.6 Å². The molecule has 106 valence electrons. The molecule has 4 N–H and O–H groups in total. The zero-order chi connectivity index (χ0) is 15.0. The van der Waals surface area contributed by atoms with Crippen molar-refractivity contribution < 1.29 is 9.59 Å². The lowest BCUT2D eigenvalue weighted by atomic mass is 10.2. The van der Waals surface area contributed by atoms with E-state index >= 15 is 0 Å². The number of nitrogens with zero attached hydrogens (tertiary/aromatic N) is 1. The van der Waals surface area contributed by atoms with Crippen LogP contribution >= 0.6 is 0 Å². The Labute approximate surface area is 118 Å². The summed E-state index contributed by atoms with van der Waals surface area (Å²) in [5, 5.41) is 5.24. The number of carbonyl (C=O) groups excluding carboxylic acids is 2. The van der Waals surface area contributed by atoms with Gasteiger partial charge in [0.25, 0.3) is 5.91 Å². The fourth-order valence-corrected chi connectivity index (χ4v) is 1.46. The maximum atomic E-state index is 12.0. The van der Waals surface area contributed by atoms with Gasteiger partial charge in [-0.15, -0.1) is 0 Å². The summed E-state index contributed by atoms with van der Waals surface area (Å²) in [6.07, 6.45) is 2.97. The van der Waals surface area contributed by atoms with Crippen molar-refractivity contribution in [2.75, 3.05) is 13.1 Å². The summed E-state index contributed by atoms with van der Waals surface area (Å²) in [5.74, 6) is 4.89. The van der Waals surface area contributed by atoms with Crippen LogP contribution in [0.3, 0.4) is 0 Å². The van der Waals surface area contributed by atoms with E-state index in [2.05, 4.69) is 27.5 Å². The van der Waals surface area contributed by atoms with E-state index in [0.29, 0.717) is 17.7 Å². The fourth-order valence-electron chi connectivity index (χ4n) is 1.46. The van der Waals surface area contributed by atoms with E-state index in [9.17, 15) is 9.59 Å². The molecule has 0 radical (unpaired) electrons. The minimum absolute atomic E-state index is 0.229. The first kappa shape index (κ1) is 15.7. The molecule has 0 saturated carbocycles. The van der Waals surface area contributed by atoms with E-state index in [0.717, 1.165) is 0 Å². The molecule has 0 saturated heterocycles. The molecule has 0 aliphatic carbocycles. The van der Waals surface area contributed by atoms with E-state index < -0.39 is 6.04 Å². The highest BCUT2D eigenvalue weighted by Gasteiger charge is 2.16. The Morgan fingerprint density at radius 2 is 2.20 bits per heavy atom. The zero-order valence-electron chi connectivity index (χ0n) is 11.6. The second kappa shape index (κ2) is 7.92. The second-order valence-electron chi connectivity index (χ2n) is 4.06. The van der Waals surface area contributed by atoms with Gasteiger partial charge in [0.1, 0.15) is 6.04 Å². The van der Waals surface area contributed by atoms with Gasteiger partial charge >= 0.3 is 0 Å². The van der Waals surface area contributed by atoms with Crippen molar-refractivity contribution in [1.29, 1.82) is 0 Å². The lowest BCUT2D eigenvalue weighted by molar-refractivity contribution is -0.122. The first-order chi connectivity index (χ1) is 9.58. The second-order valence-corrected chi connectivity index (χ2v) is 4.06. The number of rotatable bonds is 4. The van der Waals surface area contributed by atoms with Crippen molar-refractivity contribution in [2.24, 2.45) is 5.73 Å². The molecule has 0 spiro atoms. The highest BCUT2D eigenvalue weighted by molar-refractivity contribution is 5.97. The first-order valence-electron chi connectivity index (χ1n) is 6.31. The number of aromatic nitrogens is 1. The summed E-state index contributed by atoms with van der Waals surface area (Å²) in [5.41, 5.74) is 6.24. The van der Waals surface area contributed by atoms with Crippen molar-refractivity contribution in [3.8, 4) is 11.8 Å². The van der Waals surface area contributed by atoms with Crippen LogP contribution in [-0.2, 0) is 4.79 Å². The number of nitrogens with one attached hydrogen (secondary N) is 2. The fraction of sp³-hybridized carbons (Fsp3) is 0.357. The number of pyridine rings is 1. The average Bonchev–Trinajstić information content (AvgIpc) is 2.45. The Bertz CT molecular complexity index is 546. The number of hydrogen-bond acceptors (Lipinski definition) is 4. The highest BCUT2D eigenvalue weighted by atomic mass is 16.2. The van der Waals surface area contributed by atoms with Crippen LogP contribution in [0.15, 0.2) is 18.5 Å². The molecule has 1 aromatic rings. The molecule has 1 atom stereocenters. The zero-order valence-corrected chi connectivity index (χ0v) is 11.6. The molecule has 0 fully saturated rings. The van der Waals surface area contributed by atoms with Crippen LogP contribution in [-0.4, -0.2) is 35.9 Å². The van der Waals surface area contributed by atoms with Gasteiger partial charge in [-0.05, 0) is 19.9 Å². The number of amides is 2. The lowest BCUT2D eigenvalue weighted by Crippen LogP contribution is -2.44. The Morgan fingerprint density at radius 3 is 2.85 bits per heavy atom. The minimum Gasteiger partial charge on any atom is -0.355 e. The molecule has 1 heterocycles. The van der Waals surface area contributed by atoms with Crippen LogP contribution < -0.4 is 16.4 Å². The number of nitrogens with two attached hydrogens (primary N) is 1. The third kappa shape index (κ3) is 4.71. The molecule has 0 aliphatic rings. The van der Waals surface area contributed by atoms with Gasteiger partial charge in [-0.25, -0.2) is 0 Å². The largest absolute Gasteiger partial charge is 0.355 e. The van der Waals surface area contributed by atoms with E-state index in [4.69, 9.17) is 5.73 Å². The SMILES string of the molecule is CCNC(=O)C(C)NC(=O)c1cncc(C#CCN)c1. The van der Waals surface area contributed by atoms with Gasteiger partial charge in [0.2, 0.25) is 5.91 Å². The molecule has 2 amide bonds. The van der Waals surface area contributed by atoms with Crippen LogP contribution in [0.1, 0.15) is 29.8 Å². The summed E-state index contributed by atoms with van der Waals surface area (Å²) < 4.78 is 0. The first-order valence-corrected chi connectivity index (χ1v) is 6.31. The van der Waals surface area contributed by atoms with Gasteiger partial charge in [0.05, 0.1) is 12.1 Å². The van der Waals surface area contributed by atoms with Gasteiger partial charge in [-0.3, -0.25) is 14.6 Å². The molecule has 0 aliphatic heterocycles. The van der Waals surface area contributed by atoms with Gasteiger partial charge in [0, 0.05) is 24.5 Å². The lowest BCUT2D eigenvalue weighted by Gasteiger charge is -2.13. The molecule has 6 nitrogen and oxygen atoms in total. The normalized spacial score (nSPS) is 10.9. The molecule has 1 aromatic heterocycles. The standard InChI is InChI=1S/C14H18N4O2/c1-3-17-13(19)10(2)18-14(20)12-7-11(5-4-6-15)8-16-9-12/h7-10H,3,6,15H2,1-2H3,(H,17,19)(H,18,20). The predicted octanol–water partition coefficient (Wildman–Crippen LogP) is -0.354. The minimum atomic E-state index is -0.610. The number of likely N-dealkylation sites (N-methyl/N-ethyl adjacent to an activating group) is 1. The molecular weight excluding hydrogens is 256 g/mol. The average molecular weight is 274 g/mol. The van der Waals surface area contributed by atoms with E-state index in [-0.39, 0.29) is 18.4 Å². The van der Waals surface area contributed by atoms with E-state index in [1.807, 2.05) is 6.92 Å². The molecular formula is C14H18N4O2. The number of hydrogen-bond donors (Lipinski definition) is 3. The van der Waals surface area contributed by atoms with E-state index in [1.165, 1.54) is 6.20 Å². The molecule has 1 unspecified atom stereocenters. The molecule has 20 heavy (non-hydrogen) atoms. The monoisotopic (exact) mass is 274 g/mol. The van der Waals surface area contributed by atoms with E-state index in [1.54, 1.807) is 19.2 Å². The van der Waals surface area contributed by atoms with Crippen LogP contribution in [0.2, 0.25) is 0 Å². The summed E-state index contributed by atoms with van der Waals surface area (Å²) in [6.45, 7) is 4.19. The molecule has 0 aromatic carbocycles. The van der Waals surface area contributed by atoms with Gasteiger partial charge in [-0.1, -0.05) is 11.8 Å². The molecule has 0 bridgehead atoms. The Hall–Kier alpha value is -2.39. The maximum Gasteiger partial charge on any atom is 0.253 e. The number of carbonyl (C=O) groups is 2. The summed E-state index contributed by atoms with van der Waals surface area (Å²) in [7, 11) is 0. The Morgan fingerprint density at radius 1 is 1.45 bits per heavy atom. The van der Waals surface area contributed by atoms with Crippen molar-refractivity contribution in [3.63, 3.8) is 0 Å².